The van der Waals surface area contributed by atoms with Crippen LogP contribution in [0.4, 0.5) is 0 Å². The molecule has 0 aliphatic carbocycles. The summed E-state index contributed by atoms with van der Waals surface area (Å²) >= 11 is 0. The Morgan fingerprint density at radius 1 is 1.24 bits per heavy atom. The summed E-state index contributed by atoms with van der Waals surface area (Å²) in [4.78, 5) is 4.36. The van der Waals surface area contributed by atoms with E-state index in [9.17, 15) is 5.11 Å². The molecule has 3 nitrogen and oxygen atoms in total. The molecule has 0 radical (unpaired) electrons. The molecule has 0 spiro atoms. The zero-order chi connectivity index (χ0) is 12.3. The van der Waals surface area contributed by atoms with Crippen LogP contribution >= 0.6 is 0 Å². The molecule has 0 aliphatic heterocycles. The van der Waals surface area contributed by atoms with Crippen molar-refractivity contribution in [2.24, 2.45) is 4.99 Å². The van der Waals surface area contributed by atoms with Crippen LogP contribution in [0.1, 0.15) is 30.0 Å². The molecule has 17 heavy (non-hydrogen) atoms. The maximum atomic E-state index is 9.58. The van der Waals surface area contributed by atoms with Gasteiger partial charge in [0.05, 0.1) is 0 Å². The maximum Gasteiger partial charge on any atom is 0.128 e. The summed E-state index contributed by atoms with van der Waals surface area (Å²) in [6.07, 6.45) is 1.66. The topological polar surface area (TPSA) is 45.7 Å². The summed E-state index contributed by atoms with van der Waals surface area (Å²) in [6.45, 7) is 3.86. The van der Waals surface area contributed by atoms with Gasteiger partial charge in [-0.1, -0.05) is 12.1 Å². The average Bonchev–Trinajstić information content (AvgIpc) is 2.74. The summed E-state index contributed by atoms with van der Waals surface area (Å²) in [7, 11) is 0. The molecule has 0 unspecified atom stereocenters. The molecule has 0 aliphatic rings. The van der Waals surface area contributed by atoms with Gasteiger partial charge in [-0.2, -0.15) is 0 Å². The monoisotopic (exact) mass is 229 g/mol. The quantitative estimate of drug-likeness (QED) is 0.819. The van der Waals surface area contributed by atoms with Gasteiger partial charge >= 0.3 is 0 Å². The molecule has 0 saturated carbocycles. The molecule has 3 heteroatoms. The highest BCUT2D eigenvalue weighted by Gasteiger charge is 2.06. The normalized spacial score (nSPS) is 13.1. The van der Waals surface area contributed by atoms with Crippen LogP contribution in [-0.2, 0) is 0 Å². The summed E-state index contributed by atoms with van der Waals surface area (Å²) < 4.78 is 5.49. The van der Waals surface area contributed by atoms with Crippen LogP contribution < -0.4 is 0 Å². The zero-order valence-electron chi connectivity index (χ0n) is 9.92. The third-order valence-corrected chi connectivity index (χ3v) is 2.55. The highest BCUT2D eigenvalue weighted by atomic mass is 16.3. The highest BCUT2D eigenvalue weighted by Crippen LogP contribution is 2.20. The number of aryl methyl sites for hydroxylation is 1. The number of para-hydroxylation sites is 1. The number of aromatic hydroxyl groups is 1. The molecule has 1 atom stereocenters. The van der Waals surface area contributed by atoms with Crippen molar-refractivity contribution in [2.75, 3.05) is 0 Å². The van der Waals surface area contributed by atoms with E-state index in [4.69, 9.17) is 4.42 Å². The van der Waals surface area contributed by atoms with Crippen molar-refractivity contribution in [3.63, 3.8) is 0 Å². The van der Waals surface area contributed by atoms with Gasteiger partial charge in [0.25, 0.3) is 0 Å². The number of furan rings is 1. The maximum absolute atomic E-state index is 9.58. The largest absolute Gasteiger partial charge is 0.507 e. The Morgan fingerprint density at radius 3 is 2.65 bits per heavy atom. The van der Waals surface area contributed by atoms with E-state index >= 15 is 0 Å². The van der Waals surface area contributed by atoms with Crippen LogP contribution in [0, 0.1) is 6.92 Å². The standard InChI is InChI=1S/C14H15NO2/c1-10-7-8-14(17-10)11(2)15-9-12-5-3-4-6-13(12)16/h3-9,11,16H,1-2H3/t11-/m0/s1. The number of phenols is 1. The molecule has 1 N–H and O–H groups in total. The molecular weight excluding hydrogens is 214 g/mol. The number of phenolic OH excluding ortho intramolecular Hbond substituents is 1. The van der Waals surface area contributed by atoms with E-state index in [2.05, 4.69) is 4.99 Å². The minimum atomic E-state index is -0.0525. The van der Waals surface area contributed by atoms with E-state index < -0.39 is 0 Å². The van der Waals surface area contributed by atoms with Crippen LogP contribution in [0.25, 0.3) is 0 Å². The van der Waals surface area contributed by atoms with Gasteiger partial charge in [0.1, 0.15) is 23.3 Å². The molecule has 0 fully saturated rings. The van der Waals surface area contributed by atoms with Crippen molar-refractivity contribution < 1.29 is 9.52 Å². The van der Waals surface area contributed by atoms with Crippen LogP contribution in [0.3, 0.4) is 0 Å². The van der Waals surface area contributed by atoms with E-state index in [0.717, 1.165) is 11.5 Å². The molecular formula is C14H15NO2. The first-order valence-corrected chi connectivity index (χ1v) is 5.54. The molecule has 2 rings (SSSR count). The van der Waals surface area contributed by atoms with Crippen molar-refractivity contribution in [1.82, 2.24) is 0 Å². The van der Waals surface area contributed by atoms with E-state index in [1.54, 1.807) is 18.3 Å². The summed E-state index contributed by atoms with van der Waals surface area (Å²) in [5.41, 5.74) is 0.711. The van der Waals surface area contributed by atoms with E-state index in [1.807, 2.05) is 38.1 Å². The zero-order valence-corrected chi connectivity index (χ0v) is 9.92. The molecule has 1 aromatic carbocycles. The van der Waals surface area contributed by atoms with Gasteiger partial charge in [-0.05, 0) is 38.1 Å². The lowest BCUT2D eigenvalue weighted by molar-refractivity contribution is 0.458. The van der Waals surface area contributed by atoms with Crippen molar-refractivity contribution in [3.8, 4) is 5.75 Å². The Bertz CT molecular complexity index is 529. The SMILES string of the molecule is Cc1ccc([C@H](C)N=Cc2ccccc2O)o1. The van der Waals surface area contributed by atoms with E-state index in [0.29, 0.717) is 5.56 Å². The minimum Gasteiger partial charge on any atom is -0.507 e. The molecule has 2 aromatic rings. The lowest BCUT2D eigenvalue weighted by Crippen LogP contribution is -1.89. The first-order chi connectivity index (χ1) is 8.16. The van der Waals surface area contributed by atoms with Crippen molar-refractivity contribution >= 4 is 6.21 Å². The van der Waals surface area contributed by atoms with Crippen molar-refractivity contribution in [2.45, 2.75) is 19.9 Å². The van der Waals surface area contributed by atoms with Crippen LogP contribution in [-0.4, -0.2) is 11.3 Å². The number of benzene rings is 1. The number of hydrogen-bond acceptors (Lipinski definition) is 3. The Balaban J connectivity index is 2.14. The van der Waals surface area contributed by atoms with Gasteiger partial charge < -0.3 is 9.52 Å². The third kappa shape index (κ3) is 2.75. The van der Waals surface area contributed by atoms with Gasteiger partial charge in [0, 0.05) is 11.8 Å². The molecule has 0 amide bonds. The van der Waals surface area contributed by atoms with Gasteiger partial charge in [0.15, 0.2) is 0 Å². The van der Waals surface area contributed by atoms with Gasteiger partial charge in [-0.15, -0.1) is 0 Å². The van der Waals surface area contributed by atoms with Gasteiger partial charge in [-0.25, -0.2) is 0 Å². The van der Waals surface area contributed by atoms with Gasteiger partial charge in [-0.3, -0.25) is 4.99 Å². The third-order valence-electron chi connectivity index (χ3n) is 2.55. The van der Waals surface area contributed by atoms with E-state index in [-0.39, 0.29) is 11.8 Å². The summed E-state index contributed by atoms with van der Waals surface area (Å²) in [5, 5.41) is 9.58. The Labute approximate surface area is 100 Å². The summed E-state index contributed by atoms with van der Waals surface area (Å²) in [5.74, 6) is 1.94. The van der Waals surface area contributed by atoms with E-state index in [1.165, 1.54) is 0 Å². The molecule has 1 heterocycles. The second-order valence-electron chi connectivity index (χ2n) is 3.96. The number of nitrogens with zero attached hydrogens (tertiary/aromatic N) is 1. The fraction of sp³-hybridized carbons (Fsp3) is 0.214. The Hall–Kier alpha value is -2.03. The Kier molecular flexibility index (Phi) is 3.28. The first kappa shape index (κ1) is 11.5. The predicted molar refractivity (Wildman–Crippen MR) is 67.6 cm³/mol. The number of aliphatic imine (C=N–C) groups is 1. The van der Waals surface area contributed by atoms with Crippen molar-refractivity contribution in [1.29, 1.82) is 0 Å². The second-order valence-corrected chi connectivity index (χ2v) is 3.96. The molecule has 88 valence electrons. The van der Waals surface area contributed by atoms with Crippen LogP contribution in [0.2, 0.25) is 0 Å². The fourth-order valence-electron chi connectivity index (χ4n) is 1.54. The van der Waals surface area contributed by atoms with Crippen molar-refractivity contribution in [3.05, 3.63) is 53.5 Å². The Morgan fingerprint density at radius 2 is 2.00 bits per heavy atom. The smallest absolute Gasteiger partial charge is 0.128 e. The predicted octanol–water partition coefficient (Wildman–Crippen LogP) is 3.47. The molecule has 0 bridgehead atoms. The highest BCUT2D eigenvalue weighted by molar-refractivity contribution is 5.83. The molecule has 1 aromatic heterocycles. The number of hydrogen-bond donors (Lipinski definition) is 1. The summed E-state index contributed by atoms with van der Waals surface area (Å²) in [6, 6.07) is 10.9. The fourth-order valence-corrected chi connectivity index (χ4v) is 1.54. The lowest BCUT2D eigenvalue weighted by atomic mass is 10.2. The van der Waals surface area contributed by atoms with Crippen LogP contribution in [0.5, 0.6) is 5.75 Å². The number of rotatable bonds is 3. The average molecular weight is 229 g/mol. The molecule has 0 saturated heterocycles. The second kappa shape index (κ2) is 4.87. The first-order valence-electron chi connectivity index (χ1n) is 5.54. The van der Waals surface area contributed by atoms with Gasteiger partial charge in [0.2, 0.25) is 0 Å². The minimum absolute atomic E-state index is 0.0525. The lowest BCUT2D eigenvalue weighted by Gasteiger charge is -2.02. The van der Waals surface area contributed by atoms with Crippen LogP contribution in [0.15, 0.2) is 45.8 Å².